The molecule has 20 heavy (non-hydrogen) atoms. The minimum atomic E-state index is -0.113. The van der Waals surface area contributed by atoms with Crippen LogP contribution in [-0.2, 0) is 6.54 Å². The van der Waals surface area contributed by atoms with E-state index < -0.39 is 0 Å². The molecule has 1 aliphatic heterocycles. The van der Waals surface area contributed by atoms with Gasteiger partial charge in [0, 0.05) is 32.7 Å². The maximum atomic E-state index is 14.2. The molecule has 112 valence electrons. The molecular formula is C16H26FN3. The van der Waals surface area contributed by atoms with Crippen LogP contribution in [0, 0.1) is 5.82 Å². The number of benzene rings is 1. The summed E-state index contributed by atoms with van der Waals surface area (Å²) in [6.45, 7) is 6.25. The third kappa shape index (κ3) is 3.49. The van der Waals surface area contributed by atoms with Crippen LogP contribution < -0.4 is 10.2 Å². The highest BCUT2D eigenvalue weighted by molar-refractivity contribution is 5.49. The Kier molecular flexibility index (Phi) is 5.38. The van der Waals surface area contributed by atoms with E-state index in [9.17, 15) is 4.39 Å². The zero-order valence-electron chi connectivity index (χ0n) is 12.8. The van der Waals surface area contributed by atoms with E-state index in [1.165, 1.54) is 0 Å². The van der Waals surface area contributed by atoms with E-state index in [0.717, 1.165) is 43.7 Å². The summed E-state index contributed by atoms with van der Waals surface area (Å²) in [7, 11) is 3.89. The monoisotopic (exact) mass is 279 g/mol. The maximum absolute atomic E-state index is 14.2. The summed E-state index contributed by atoms with van der Waals surface area (Å²) in [5.41, 5.74) is 1.71. The molecular weight excluding hydrogens is 253 g/mol. The lowest BCUT2D eigenvalue weighted by molar-refractivity contribution is 0.220. The van der Waals surface area contributed by atoms with Gasteiger partial charge in [-0.05, 0) is 44.1 Å². The number of nitrogens with zero attached hydrogens (tertiary/aromatic N) is 2. The lowest BCUT2D eigenvalue weighted by Crippen LogP contribution is -2.43. The number of piperidine rings is 1. The Hall–Kier alpha value is -1.13. The van der Waals surface area contributed by atoms with Crippen molar-refractivity contribution in [1.29, 1.82) is 0 Å². The van der Waals surface area contributed by atoms with Crippen molar-refractivity contribution in [3.05, 3.63) is 29.6 Å². The van der Waals surface area contributed by atoms with Crippen LogP contribution in [0.1, 0.15) is 25.3 Å². The second kappa shape index (κ2) is 7.04. The fraction of sp³-hybridized carbons (Fsp3) is 0.625. The van der Waals surface area contributed by atoms with Crippen molar-refractivity contribution in [2.24, 2.45) is 0 Å². The van der Waals surface area contributed by atoms with Crippen molar-refractivity contribution < 1.29 is 4.39 Å². The molecule has 2 rings (SSSR count). The molecule has 0 aromatic heterocycles. The van der Waals surface area contributed by atoms with Gasteiger partial charge in [0.25, 0.3) is 0 Å². The van der Waals surface area contributed by atoms with Gasteiger partial charge in [0.05, 0.1) is 5.69 Å². The molecule has 0 bridgehead atoms. The number of halogens is 1. The first kappa shape index (κ1) is 15.3. The smallest absolute Gasteiger partial charge is 0.146 e. The molecule has 1 aliphatic rings. The second-order valence-electron chi connectivity index (χ2n) is 5.59. The highest BCUT2D eigenvalue weighted by Crippen LogP contribution is 2.25. The molecule has 0 radical (unpaired) electrons. The van der Waals surface area contributed by atoms with Crippen molar-refractivity contribution in [2.75, 3.05) is 38.6 Å². The first-order chi connectivity index (χ1) is 9.65. The Morgan fingerprint density at radius 2 is 2.05 bits per heavy atom. The van der Waals surface area contributed by atoms with E-state index in [2.05, 4.69) is 22.0 Å². The topological polar surface area (TPSA) is 18.5 Å². The normalized spacial score (nSPS) is 17.4. The highest BCUT2D eigenvalue weighted by atomic mass is 19.1. The van der Waals surface area contributed by atoms with E-state index in [-0.39, 0.29) is 5.82 Å². The van der Waals surface area contributed by atoms with Crippen molar-refractivity contribution >= 4 is 5.69 Å². The SMILES string of the molecule is CCN1CCC(N(C)c2ccc(CNC)cc2F)CC1. The zero-order chi connectivity index (χ0) is 14.5. The van der Waals surface area contributed by atoms with Crippen LogP contribution in [0.2, 0.25) is 0 Å². The van der Waals surface area contributed by atoms with Crippen LogP contribution in [0.15, 0.2) is 18.2 Å². The molecule has 0 amide bonds. The minimum Gasteiger partial charge on any atom is -0.369 e. The summed E-state index contributed by atoms with van der Waals surface area (Å²) in [5.74, 6) is -0.113. The van der Waals surface area contributed by atoms with Crippen LogP contribution in [0.4, 0.5) is 10.1 Å². The van der Waals surface area contributed by atoms with Crippen LogP contribution in [-0.4, -0.2) is 44.7 Å². The predicted octanol–water partition coefficient (Wildman–Crippen LogP) is 2.47. The minimum absolute atomic E-state index is 0.113. The number of nitrogens with one attached hydrogen (secondary N) is 1. The molecule has 1 aromatic carbocycles. The third-order valence-corrected chi connectivity index (χ3v) is 4.33. The Balaban J connectivity index is 2.03. The van der Waals surface area contributed by atoms with Gasteiger partial charge in [0.15, 0.2) is 0 Å². The zero-order valence-corrected chi connectivity index (χ0v) is 12.8. The van der Waals surface area contributed by atoms with Gasteiger partial charge in [0.1, 0.15) is 5.82 Å². The van der Waals surface area contributed by atoms with Crippen LogP contribution in [0.25, 0.3) is 0 Å². The number of rotatable bonds is 5. The van der Waals surface area contributed by atoms with Gasteiger partial charge in [-0.3, -0.25) is 0 Å². The molecule has 1 fully saturated rings. The molecule has 0 aliphatic carbocycles. The summed E-state index contributed by atoms with van der Waals surface area (Å²) >= 11 is 0. The van der Waals surface area contributed by atoms with E-state index >= 15 is 0 Å². The first-order valence-corrected chi connectivity index (χ1v) is 7.54. The van der Waals surface area contributed by atoms with Gasteiger partial charge in [-0.1, -0.05) is 13.0 Å². The Morgan fingerprint density at radius 1 is 1.35 bits per heavy atom. The van der Waals surface area contributed by atoms with Crippen molar-refractivity contribution in [2.45, 2.75) is 32.4 Å². The highest BCUT2D eigenvalue weighted by Gasteiger charge is 2.23. The van der Waals surface area contributed by atoms with Crippen LogP contribution >= 0.6 is 0 Å². The van der Waals surface area contributed by atoms with Crippen LogP contribution in [0.5, 0.6) is 0 Å². The van der Waals surface area contributed by atoms with E-state index in [4.69, 9.17) is 0 Å². The molecule has 1 saturated heterocycles. The molecule has 0 saturated carbocycles. The average molecular weight is 279 g/mol. The van der Waals surface area contributed by atoms with E-state index in [1.807, 2.05) is 26.2 Å². The van der Waals surface area contributed by atoms with Crippen molar-refractivity contribution in [1.82, 2.24) is 10.2 Å². The number of likely N-dealkylation sites (tertiary alicyclic amines) is 1. The number of hydrogen-bond donors (Lipinski definition) is 1. The Bertz CT molecular complexity index is 428. The first-order valence-electron chi connectivity index (χ1n) is 7.54. The molecule has 1 aromatic rings. The molecule has 1 N–H and O–H groups in total. The van der Waals surface area contributed by atoms with Crippen molar-refractivity contribution in [3.63, 3.8) is 0 Å². The Labute approximate surface area is 121 Å². The molecule has 4 heteroatoms. The summed E-state index contributed by atoms with van der Waals surface area (Å²) in [6, 6.07) is 6.01. The molecule has 0 spiro atoms. The summed E-state index contributed by atoms with van der Waals surface area (Å²) < 4.78 is 14.2. The third-order valence-electron chi connectivity index (χ3n) is 4.33. The quantitative estimate of drug-likeness (QED) is 0.893. The van der Waals surface area contributed by atoms with Gasteiger partial charge in [-0.2, -0.15) is 0 Å². The fourth-order valence-electron chi connectivity index (χ4n) is 2.97. The standard InChI is InChI=1S/C16H26FN3/c1-4-20-9-7-14(8-10-20)19(3)16-6-5-13(12-18-2)11-15(16)17/h5-6,11,14,18H,4,7-10,12H2,1-3H3. The predicted molar refractivity (Wildman–Crippen MR) is 82.7 cm³/mol. The average Bonchev–Trinajstić information content (AvgIpc) is 2.47. The largest absolute Gasteiger partial charge is 0.369 e. The molecule has 0 atom stereocenters. The van der Waals surface area contributed by atoms with Crippen LogP contribution in [0.3, 0.4) is 0 Å². The van der Waals surface area contributed by atoms with Gasteiger partial charge in [0.2, 0.25) is 0 Å². The van der Waals surface area contributed by atoms with Gasteiger partial charge in [-0.15, -0.1) is 0 Å². The molecule has 1 heterocycles. The number of hydrogen-bond acceptors (Lipinski definition) is 3. The summed E-state index contributed by atoms with van der Waals surface area (Å²) in [6.07, 6.45) is 2.23. The van der Waals surface area contributed by atoms with E-state index in [0.29, 0.717) is 12.6 Å². The lowest BCUT2D eigenvalue weighted by Gasteiger charge is -2.37. The van der Waals surface area contributed by atoms with Gasteiger partial charge >= 0.3 is 0 Å². The Morgan fingerprint density at radius 3 is 2.60 bits per heavy atom. The summed E-state index contributed by atoms with van der Waals surface area (Å²) in [5, 5.41) is 3.05. The van der Waals surface area contributed by atoms with Gasteiger partial charge in [-0.25, -0.2) is 4.39 Å². The second-order valence-corrected chi connectivity index (χ2v) is 5.59. The number of anilines is 1. The summed E-state index contributed by atoms with van der Waals surface area (Å²) in [4.78, 5) is 4.57. The van der Waals surface area contributed by atoms with Crippen molar-refractivity contribution in [3.8, 4) is 0 Å². The van der Waals surface area contributed by atoms with Gasteiger partial charge < -0.3 is 15.1 Å². The molecule has 3 nitrogen and oxygen atoms in total. The van der Waals surface area contributed by atoms with E-state index in [1.54, 1.807) is 6.07 Å². The fourth-order valence-corrected chi connectivity index (χ4v) is 2.97. The lowest BCUT2D eigenvalue weighted by atomic mass is 10.0. The molecule has 0 unspecified atom stereocenters. The maximum Gasteiger partial charge on any atom is 0.146 e.